The number of ether oxygens (including phenoxy) is 1. The van der Waals surface area contributed by atoms with E-state index in [-0.39, 0.29) is 11.0 Å². The number of rotatable bonds is 4. The van der Waals surface area contributed by atoms with Gasteiger partial charge in [0.15, 0.2) is 10.7 Å². The molecule has 0 fully saturated rings. The molecule has 0 aliphatic carbocycles. The molecule has 156 valence electrons. The molecule has 2 N–H and O–H groups in total. The summed E-state index contributed by atoms with van der Waals surface area (Å²) in [5.41, 5.74) is 2.85. The van der Waals surface area contributed by atoms with Crippen molar-refractivity contribution in [3.05, 3.63) is 76.3 Å². The lowest BCUT2D eigenvalue weighted by Crippen LogP contribution is -2.34. The highest BCUT2D eigenvalue weighted by molar-refractivity contribution is 7.80. The highest BCUT2D eigenvalue weighted by atomic mass is 35.5. The van der Waals surface area contributed by atoms with Crippen molar-refractivity contribution in [3.63, 3.8) is 0 Å². The molecule has 6 nitrogen and oxygen atoms in total. The predicted octanol–water partition coefficient (Wildman–Crippen LogP) is 5.94. The SMILES string of the molecule is COc1ccc(C(=O)NC(=S)Nc2ccc(Cl)c(-c3nc4cc(Cl)ccc4o3)c2)cc1. The number of thiocarbonyl (C=S) groups is 1. The van der Waals surface area contributed by atoms with Crippen LogP contribution in [0.15, 0.2) is 65.1 Å². The molecule has 1 aromatic heterocycles. The summed E-state index contributed by atoms with van der Waals surface area (Å²) in [5, 5.41) is 6.76. The third-order valence-corrected chi connectivity index (χ3v) is 5.15. The molecule has 4 rings (SSSR count). The largest absolute Gasteiger partial charge is 0.497 e. The molecule has 4 aromatic rings. The molecule has 0 saturated carbocycles. The first kappa shape index (κ1) is 21.1. The topological polar surface area (TPSA) is 76.4 Å². The minimum absolute atomic E-state index is 0.137. The van der Waals surface area contributed by atoms with E-state index in [9.17, 15) is 4.79 Å². The standard InChI is InChI=1S/C22H15Cl2N3O3S/c1-29-15-6-2-12(3-7-15)20(28)27-22(31)25-14-5-8-17(24)16(11-14)21-26-18-10-13(23)4-9-19(18)30-21/h2-11H,1H3,(H2,25,27,28,31). The first-order valence-electron chi connectivity index (χ1n) is 9.05. The number of benzene rings is 3. The lowest BCUT2D eigenvalue weighted by molar-refractivity contribution is 0.0977. The highest BCUT2D eigenvalue weighted by Crippen LogP contribution is 2.33. The molecule has 0 radical (unpaired) electrons. The number of fused-ring (bicyclic) bond motifs is 1. The van der Waals surface area contributed by atoms with Crippen LogP contribution in [0.25, 0.3) is 22.6 Å². The van der Waals surface area contributed by atoms with E-state index in [0.717, 1.165) is 0 Å². The third-order valence-electron chi connectivity index (χ3n) is 4.38. The van der Waals surface area contributed by atoms with Crippen LogP contribution in [0.2, 0.25) is 10.0 Å². The van der Waals surface area contributed by atoms with Crippen LogP contribution in [-0.4, -0.2) is 23.1 Å². The number of aromatic nitrogens is 1. The fourth-order valence-electron chi connectivity index (χ4n) is 2.86. The second kappa shape index (κ2) is 8.93. The number of oxazole rings is 1. The zero-order chi connectivity index (χ0) is 22.0. The maximum absolute atomic E-state index is 12.4. The maximum atomic E-state index is 12.4. The van der Waals surface area contributed by atoms with E-state index in [2.05, 4.69) is 15.6 Å². The predicted molar refractivity (Wildman–Crippen MR) is 126 cm³/mol. The van der Waals surface area contributed by atoms with Crippen LogP contribution in [0, 0.1) is 0 Å². The first-order chi connectivity index (χ1) is 14.9. The van der Waals surface area contributed by atoms with Gasteiger partial charge in [-0.1, -0.05) is 23.2 Å². The highest BCUT2D eigenvalue weighted by Gasteiger charge is 2.14. The van der Waals surface area contributed by atoms with E-state index in [4.69, 9.17) is 44.6 Å². The summed E-state index contributed by atoms with van der Waals surface area (Å²) in [6, 6.07) is 17.0. The molecule has 3 aromatic carbocycles. The molecular weight excluding hydrogens is 457 g/mol. The summed E-state index contributed by atoms with van der Waals surface area (Å²) in [5.74, 6) is 0.664. The van der Waals surface area contributed by atoms with Gasteiger partial charge in [-0.3, -0.25) is 10.1 Å². The molecule has 9 heteroatoms. The Morgan fingerprint density at radius 2 is 1.84 bits per heavy atom. The maximum Gasteiger partial charge on any atom is 0.257 e. The van der Waals surface area contributed by atoms with Gasteiger partial charge in [-0.15, -0.1) is 0 Å². The summed E-state index contributed by atoms with van der Waals surface area (Å²) in [7, 11) is 1.56. The molecule has 0 atom stereocenters. The van der Waals surface area contributed by atoms with E-state index >= 15 is 0 Å². The van der Waals surface area contributed by atoms with E-state index in [1.54, 1.807) is 67.8 Å². The fraction of sp³-hybridized carbons (Fsp3) is 0.0455. The average molecular weight is 472 g/mol. The Bertz CT molecular complexity index is 1290. The van der Waals surface area contributed by atoms with Gasteiger partial charge in [-0.25, -0.2) is 4.98 Å². The van der Waals surface area contributed by atoms with Crippen molar-refractivity contribution in [2.75, 3.05) is 12.4 Å². The second-order valence-electron chi connectivity index (χ2n) is 6.46. The van der Waals surface area contributed by atoms with Crippen molar-refractivity contribution in [1.29, 1.82) is 0 Å². The van der Waals surface area contributed by atoms with Crippen LogP contribution < -0.4 is 15.4 Å². The monoisotopic (exact) mass is 471 g/mol. The molecule has 0 aliphatic rings. The summed E-state index contributed by atoms with van der Waals surface area (Å²) < 4.78 is 10.9. The molecule has 31 heavy (non-hydrogen) atoms. The summed E-state index contributed by atoms with van der Waals surface area (Å²) in [4.78, 5) is 16.8. The lowest BCUT2D eigenvalue weighted by Gasteiger charge is -2.11. The zero-order valence-electron chi connectivity index (χ0n) is 16.1. The Morgan fingerprint density at radius 1 is 1.06 bits per heavy atom. The Labute approximate surface area is 193 Å². The summed E-state index contributed by atoms with van der Waals surface area (Å²) in [6.07, 6.45) is 0. The number of carbonyl (C=O) groups excluding carboxylic acids is 1. The van der Waals surface area contributed by atoms with Crippen molar-refractivity contribution in [1.82, 2.24) is 10.3 Å². The Kier molecular flexibility index (Phi) is 6.08. The number of nitrogens with one attached hydrogen (secondary N) is 2. The Morgan fingerprint density at radius 3 is 2.58 bits per heavy atom. The number of anilines is 1. The van der Waals surface area contributed by atoms with Crippen LogP contribution in [0.3, 0.4) is 0 Å². The molecule has 1 amide bonds. The molecular formula is C22H15Cl2N3O3S. The van der Waals surface area contributed by atoms with E-state index in [0.29, 0.717) is 49.6 Å². The normalized spacial score (nSPS) is 10.7. The first-order valence-corrected chi connectivity index (χ1v) is 10.2. The van der Waals surface area contributed by atoms with E-state index in [1.807, 2.05) is 0 Å². The third kappa shape index (κ3) is 4.80. The van der Waals surface area contributed by atoms with Gasteiger partial charge >= 0.3 is 0 Å². The molecule has 1 heterocycles. The van der Waals surface area contributed by atoms with Gasteiger partial charge in [-0.05, 0) is 72.9 Å². The smallest absolute Gasteiger partial charge is 0.257 e. The van der Waals surface area contributed by atoms with Gasteiger partial charge in [0.05, 0.1) is 17.7 Å². The summed E-state index contributed by atoms with van der Waals surface area (Å²) >= 11 is 17.6. The lowest BCUT2D eigenvalue weighted by atomic mass is 10.2. The van der Waals surface area contributed by atoms with Crippen LogP contribution in [0.1, 0.15) is 10.4 Å². The number of hydrogen-bond donors (Lipinski definition) is 2. The van der Waals surface area contributed by atoms with Gasteiger partial charge in [0.25, 0.3) is 5.91 Å². The number of nitrogens with zero attached hydrogens (tertiary/aromatic N) is 1. The molecule has 0 saturated heterocycles. The van der Waals surface area contributed by atoms with E-state index < -0.39 is 0 Å². The van der Waals surface area contributed by atoms with Crippen LogP contribution in [-0.2, 0) is 0 Å². The molecule has 0 spiro atoms. The van der Waals surface area contributed by atoms with Crippen LogP contribution in [0.5, 0.6) is 5.75 Å². The second-order valence-corrected chi connectivity index (χ2v) is 7.71. The van der Waals surface area contributed by atoms with Crippen molar-refractivity contribution >= 4 is 63.2 Å². The van der Waals surface area contributed by atoms with Gasteiger partial charge in [0, 0.05) is 16.3 Å². The number of hydrogen-bond acceptors (Lipinski definition) is 5. The Hall–Kier alpha value is -3.13. The molecule has 0 bridgehead atoms. The van der Waals surface area contributed by atoms with Crippen molar-refractivity contribution in [3.8, 4) is 17.2 Å². The fourth-order valence-corrected chi connectivity index (χ4v) is 3.44. The molecule has 0 unspecified atom stereocenters. The minimum Gasteiger partial charge on any atom is -0.497 e. The van der Waals surface area contributed by atoms with E-state index in [1.165, 1.54) is 0 Å². The number of amides is 1. The van der Waals surface area contributed by atoms with Crippen LogP contribution in [0.4, 0.5) is 5.69 Å². The molecule has 0 aliphatic heterocycles. The quantitative estimate of drug-likeness (QED) is 0.358. The van der Waals surface area contributed by atoms with Crippen LogP contribution >= 0.6 is 35.4 Å². The van der Waals surface area contributed by atoms with Crippen molar-refractivity contribution < 1.29 is 13.9 Å². The number of halogens is 2. The number of methoxy groups -OCH3 is 1. The van der Waals surface area contributed by atoms with Crippen molar-refractivity contribution in [2.24, 2.45) is 0 Å². The average Bonchev–Trinajstić information content (AvgIpc) is 3.18. The minimum atomic E-state index is -0.342. The number of carbonyl (C=O) groups is 1. The van der Waals surface area contributed by atoms with Crippen molar-refractivity contribution in [2.45, 2.75) is 0 Å². The summed E-state index contributed by atoms with van der Waals surface area (Å²) in [6.45, 7) is 0. The van der Waals surface area contributed by atoms with Gasteiger partial charge < -0.3 is 14.5 Å². The van der Waals surface area contributed by atoms with Gasteiger partial charge in [-0.2, -0.15) is 0 Å². The Balaban J connectivity index is 1.50. The zero-order valence-corrected chi connectivity index (χ0v) is 18.4. The van der Waals surface area contributed by atoms with Gasteiger partial charge in [0.2, 0.25) is 5.89 Å². The van der Waals surface area contributed by atoms with Gasteiger partial charge in [0.1, 0.15) is 11.3 Å².